The molecule has 2 saturated heterocycles. The van der Waals surface area contributed by atoms with Crippen molar-refractivity contribution in [1.82, 2.24) is 4.31 Å². The van der Waals surface area contributed by atoms with Crippen LogP contribution < -0.4 is 0 Å². The van der Waals surface area contributed by atoms with E-state index in [9.17, 15) is 13.5 Å². The van der Waals surface area contributed by atoms with Gasteiger partial charge >= 0.3 is 0 Å². The summed E-state index contributed by atoms with van der Waals surface area (Å²) in [6.07, 6.45) is 2.42. The molecule has 2 aliphatic rings. The number of rotatable bonds is 2. The summed E-state index contributed by atoms with van der Waals surface area (Å²) >= 11 is 0. The summed E-state index contributed by atoms with van der Waals surface area (Å²) in [5.41, 5.74) is 0.915. The fourth-order valence-corrected chi connectivity index (χ4v) is 5.53. The fraction of sp³-hybridized carbons (Fsp3) is 0.579. The summed E-state index contributed by atoms with van der Waals surface area (Å²) < 4.78 is 26.8. The maximum absolute atomic E-state index is 12.6. The molecule has 0 aromatic heterocycles. The Morgan fingerprint density at radius 1 is 1.25 bits per heavy atom. The number of hydrogen-bond acceptors (Lipinski definition) is 3. The zero-order chi connectivity index (χ0) is 17.5. The normalized spacial score (nSPS) is 30.2. The molecular formula is C19H25NO3S. The van der Waals surface area contributed by atoms with E-state index in [4.69, 9.17) is 0 Å². The third-order valence-corrected chi connectivity index (χ3v) is 7.42. The number of benzene rings is 1. The molecule has 0 unspecified atom stereocenters. The van der Waals surface area contributed by atoms with Gasteiger partial charge in [0.1, 0.15) is 5.60 Å². The Morgan fingerprint density at radius 3 is 2.42 bits per heavy atom. The van der Waals surface area contributed by atoms with Crippen LogP contribution in [0.25, 0.3) is 0 Å². The summed E-state index contributed by atoms with van der Waals surface area (Å²) in [6, 6.07) is 7.61. The van der Waals surface area contributed by atoms with E-state index in [0.29, 0.717) is 12.8 Å². The van der Waals surface area contributed by atoms with E-state index in [1.54, 1.807) is 18.2 Å². The minimum absolute atomic E-state index is 0.132. The number of aryl methyl sites for hydroxylation is 1. The Labute approximate surface area is 144 Å². The van der Waals surface area contributed by atoms with Gasteiger partial charge in [-0.15, -0.1) is 0 Å². The molecule has 2 heterocycles. The lowest BCUT2D eigenvalue weighted by molar-refractivity contribution is 0.0194. The second kappa shape index (κ2) is 6.18. The highest BCUT2D eigenvalue weighted by atomic mass is 32.2. The minimum atomic E-state index is -3.28. The van der Waals surface area contributed by atoms with E-state index in [1.165, 1.54) is 0 Å². The molecule has 2 aliphatic heterocycles. The van der Waals surface area contributed by atoms with Crippen LogP contribution in [0, 0.1) is 18.8 Å². The third kappa shape index (κ3) is 3.23. The van der Waals surface area contributed by atoms with Gasteiger partial charge in [-0.1, -0.05) is 24.0 Å². The van der Waals surface area contributed by atoms with Gasteiger partial charge in [-0.2, -0.15) is 4.31 Å². The van der Waals surface area contributed by atoms with E-state index in [0.717, 1.165) is 24.0 Å². The molecule has 130 valence electrons. The SMILES string of the molecule is Cc1cccc(C#CC2(O)C[C@H]3CC[C@H](C2)N3S(=O)(=O)C(C)C)c1. The summed E-state index contributed by atoms with van der Waals surface area (Å²) in [5.74, 6) is 6.10. The number of sulfonamides is 1. The van der Waals surface area contributed by atoms with Gasteiger partial charge in [-0.3, -0.25) is 0 Å². The van der Waals surface area contributed by atoms with Crippen LogP contribution in [0.4, 0.5) is 0 Å². The lowest BCUT2D eigenvalue weighted by atomic mass is 9.88. The second-order valence-electron chi connectivity index (χ2n) is 7.37. The topological polar surface area (TPSA) is 57.6 Å². The number of fused-ring (bicyclic) bond motifs is 2. The van der Waals surface area contributed by atoms with Crippen molar-refractivity contribution in [2.75, 3.05) is 0 Å². The zero-order valence-electron chi connectivity index (χ0n) is 14.5. The first-order valence-corrected chi connectivity index (χ1v) is 10.1. The summed E-state index contributed by atoms with van der Waals surface area (Å²) in [5, 5.41) is 10.5. The van der Waals surface area contributed by atoms with Crippen molar-refractivity contribution in [1.29, 1.82) is 0 Å². The zero-order valence-corrected chi connectivity index (χ0v) is 15.3. The molecule has 0 aliphatic carbocycles. The van der Waals surface area contributed by atoms with Crippen molar-refractivity contribution >= 4 is 10.0 Å². The number of nitrogens with zero attached hydrogens (tertiary/aromatic N) is 1. The second-order valence-corrected chi connectivity index (χ2v) is 9.76. The Bertz CT molecular complexity index is 774. The van der Waals surface area contributed by atoms with E-state index in [2.05, 4.69) is 11.8 Å². The smallest absolute Gasteiger partial charge is 0.216 e. The van der Waals surface area contributed by atoms with E-state index < -0.39 is 20.9 Å². The standard InChI is InChI=1S/C19H25NO3S/c1-14(2)24(22,23)20-17-7-8-18(20)13-19(21,12-17)10-9-16-6-4-5-15(3)11-16/h4-6,11,14,17-18,21H,7-8,12-13H2,1-3H3/t17-,18-/m1/s1. The minimum Gasteiger partial charge on any atom is -0.377 e. The molecule has 0 saturated carbocycles. The lowest BCUT2D eigenvalue weighted by Gasteiger charge is -2.41. The maximum atomic E-state index is 12.6. The Morgan fingerprint density at radius 2 is 1.88 bits per heavy atom. The van der Waals surface area contributed by atoms with Gasteiger partial charge in [-0.25, -0.2) is 8.42 Å². The molecule has 5 heteroatoms. The van der Waals surface area contributed by atoms with Crippen LogP contribution in [0.15, 0.2) is 24.3 Å². The average Bonchev–Trinajstić information content (AvgIpc) is 2.79. The average molecular weight is 347 g/mol. The molecule has 1 aromatic carbocycles. The van der Waals surface area contributed by atoms with Gasteiger partial charge in [0.05, 0.1) is 5.25 Å². The summed E-state index contributed by atoms with van der Waals surface area (Å²) in [7, 11) is -3.28. The van der Waals surface area contributed by atoms with Crippen LogP contribution in [0.5, 0.6) is 0 Å². The highest BCUT2D eigenvalue weighted by Gasteiger charge is 2.51. The number of aliphatic hydroxyl groups is 1. The van der Waals surface area contributed by atoms with Crippen LogP contribution in [0.3, 0.4) is 0 Å². The summed E-state index contributed by atoms with van der Waals surface area (Å²) in [6.45, 7) is 5.44. The molecule has 1 N–H and O–H groups in total. The van der Waals surface area contributed by atoms with Gasteiger partial charge in [0.15, 0.2) is 0 Å². The van der Waals surface area contributed by atoms with Crippen LogP contribution in [-0.2, 0) is 10.0 Å². The lowest BCUT2D eigenvalue weighted by Crippen LogP contribution is -2.54. The molecule has 0 radical (unpaired) electrons. The highest BCUT2D eigenvalue weighted by Crippen LogP contribution is 2.43. The van der Waals surface area contributed by atoms with Gasteiger partial charge in [0.2, 0.25) is 10.0 Å². The van der Waals surface area contributed by atoms with Crippen LogP contribution in [0.2, 0.25) is 0 Å². The molecule has 2 fully saturated rings. The predicted molar refractivity (Wildman–Crippen MR) is 94.9 cm³/mol. The molecule has 2 bridgehead atoms. The van der Waals surface area contributed by atoms with Crippen molar-refractivity contribution in [3.05, 3.63) is 35.4 Å². The van der Waals surface area contributed by atoms with Crippen molar-refractivity contribution < 1.29 is 13.5 Å². The van der Waals surface area contributed by atoms with Gasteiger partial charge in [0, 0.05) is 30.5 Å². The van der Waals surface area contributed by atoms with Crippen LogP contribution >= 0.6 is 0 Å². The predicted octanol–water partition coefficient (Wildman–Crippen LogP) is 2.44. The maximum Gasteiger partial charge on any atom is 0.216 e. The van der Waals surface area contributed by atoms with Gasteiger partial charge < -0.3 is 5.11 Å². The first-order chi connectivity index (χ1) is 11.2. The monoisotopic (exact) mass is 347 g/mol. The first kappa shape index (κ1) is 17.5. The van der Waals surface area contributed by atoms with E-state index in [1.807, 2.05) is 31.2 Å². The fourth-order valence-electron chi connectivity index (χ4n) is 3.86. The van der Waals surface area contributed by atoms with Crippen molar-refractivity contribution in [3.8, 4) is 11.8 Å². The Balaban J connectivity index is 1.83. The van der Waals surface area contributed by atoms with E-state index in [-0.39, 0.29) is 12.1 Å². The molecule has 4 nitrogen and oxygen atoms in total. The first-order valence-electron chi connectivity index (χ1n) is 8.56. The summed E-state index contributed by atoms with van der Waals surface area (Å²) in [4.78, 5) is 0. The van der Waals surface area contributed by atoms with Crippen molar-refractivity contribution in [3.63, 3.8) is 0 Å². The van der Waals surface area contributed by atoms with E-state index >= 15 is 0 Å². The van der Waals surface area contributed by atoms with Crippen molar-refractivity contribution in [2.45, 2.75) is 69.4 Å². The van der Waals surface area contributed by atoms with Gasteiger partial charge in [0.25, 0.3) is 0 Å². The molecule has 1 aromatic rings. The van der Waals surface area contributed by atoms with Crippen LogP contribution in [-0.4, -0.2) is 40.8 Å². The van der Waals surface area contributed by atoms with Crippen molar-refractivity contribution in [2.24, 2.45) is 0 Å². The largest absolute Gasteiger partial charge is 0.377 e. The van der Waals surface area contributed by atoms with Crippen LogP contribution in [0.1, 0.15) is 50.7 Å². The molecule has 2 atom stereocenters. The number of piperidine rings is 1. The third-order valence-electron chi connectivity index (χ3n) is 5.05. The molecule has 3 rings (SSSR count). The van der Waals surface area contributed by atoms with Gasteiger partial charge in [-0.05, 0) is 51.3 Å². The molecule has 0 spiro atoms. The molecule has 24 heavy (non-hydrogen) atoms. The quantitative estimate of drug-likeness (QED) is 0.836. The Hall–Kier alpha value is -1.35. The highest BCUT2D eigenvalue weighted by molar-refractivity contribution is 7.89. The molecule has 0 amide bonds. The number of hydrogen-bond donors (Lipinski definition) is 1. The Kier molecular flexibility index (Phi) is 4.50. The molecular weight excluding hydrogens is 322 g/mol.